The molecular weight excluding hydrogens is 208 g/mol. The van der Waals surface area contributed by atoms with Gasteiger partial charge in [0, 0.05) is 13.7 Å². The molecule has 0 radical (unpaired) electrons. The van der Waals surface area contributed by atoms with Crippen molar-refractivity contribution in [3.63, 3.8) is 0 Å². The summed E-state index contributed by atoms with van der Waals surface area (Å²) in [6, 6.07) is 0. The first kappa shape index (κ1) is 13.3. The van der Waals surface area contributed by atoms with Crippen molar-refractivity contribution in [3.8, 4) is 0 Å². The molecule has 0 spiro atoms. The maximum Gasteiger partial charge on any atom is 0.0587 e. The first-order valence-electron chi connectivity index (χ1n) is 5.91. The van der Waals surface area contributed by atoms with Crippen molar-refractivity contribution in [2.75, 3.05) is 51.4 Å². The van der Waals surface area contributed by atoms with Crippen LogP contribution in [0, 0.1) is 5.92 Å². The summed E-state index contributed by atoms with van der Waals surface area (Å²) in [6.07, 6.45) is 2.62. The summed E-state index contributed by atoms with van der Waals surface area (Å²) in [5.41, 5.74) is 0. The second-order valence-corrected chi connectivity index (χ2v) is 5.18. The fourth-order valence-electron chi connectivity index (χ4n) is 1.69. The molecule has 1 rings (SSSR count). The van der Waals surface area contributed by atoms with E-state index in [4.69, 9.17) is 4.74 Å². The number of nitrogens with one attached hydrogen (secondary N) is 2. The number of rotatable bonds is 9. The molecule has 1 aliphatic rings. The Kier molecular flexibility index (Phi) is 8.38. The van der Waals surface area contributed by atoms with Gasteiger partial charge in [0.1, 0.15) is 0 Å². The lowest BCUT2D eigenvalue weighted by atomic mass is 10.1. The topological polar surface area (TPSA) is 33.3 Å². The van der Waals surface area contributed by atoms with Crippen LogP contribution >= 0.6 is 11.8 Å². The lowest BCUT2D eigenvalue weighted by Gasteiger charge is -2.09. The van der Waals surface area contributed by atoms with Crippen LogP contribution < -0.4 is 10.6 Å². The Balaban J connectivity index is 1.73. The maximum absolute atomic E-state index is 4.96. The fraction of sp³-hybridized carbons (Fsp3) is 1.00. The van der Waals surface area contributed by atoms with Gasteiger partial charge in [0.25, 0.3) is 0 Å². The van der Waals surface area contributed by atoms with Crippen LogP contribution in [0.25, 0.3) is 0 Å². The highest BCUT2D eigenvalue weighted by molar-refractivity contribution is 7.99. The average molecular weight is 232 g/mol. The molecule has 1 fully saturated rings. The average Bonchev–Trinajstić information content (AvgIpc) is 2.75. The minimum Gasteiger partial charge on any atom is -0.383 e. The van der Waals surface area contributed by atoms with Crippen LogP contribution in [-0.4, -0.2) is 51.4 Å². The van der Waals surface area contributed by atoms with Crippen molar-refractivity contribution < 1.29 is 4.74 Å². The number of hydrogen-bond acceptors (Lipinski definition) is 4. The van der Waals surface area contributed by atoms with Gasteiger partial charge >= 0.3 is 0 Å². The van der Waals surface area contributed by atoms with Crippen LogP contribution in [0.1, 0.15) is 12.8 Å². The molecular formula is C11H24N2OS. The van der Waals surface area contributed by atoms with Gasteiger partial charge in [-0.25, -0.2) is 0 Å². The second-order valence-electron chi connectivity index (χ2n) is 4.03. The Morgan fingerprint density at radius 2 is 2.13 bits per heavy atom. The van der Waals surface area contributed by atoms with Crippen molar-refractivity contribution in [2.45, 2.75) is 12.8 Å². The summed E-state index contributed by atoms with van der Waals surface area (Å²) in [5.74, 6) is 3.65. The highest BCUT2D eigenvalue weighted by Gasteiger charge is 2.13. The lowest BCUT2D eigenvalue weighted by molar-refractivity contribution is 0.199. The van der Waals surface area contributed by atoms with Gasteiger partial charge in [-0.05, 0) is 49.9 Å². The minimum atomic E-state index is 0.812. The van der Waals surface area contributed by atoms with Crippen molar-refractivity contribution in [2.24, 2.45) is 5.92 Å². The van der Waals surface area contributed by atoms with Crippen molar-refractivity contribution in [1.82, 2.24) is 10.6 Å². The third kappa shape index (κ3) is 7.17. The van der Waals surface area contributed by atoms with Crippen LogP contribution in [0.3, 0.4) is 0 Å². The fourth-order valence-corrected chi connectivity index (χ4v) is 2.97. The van der Waals surface area contributed by atoms with E-state index >= 15 is 0 Å². The summed E-state index contributed by atoms with van der Waals surface area (Å²) in [7, 11) is 1.74. The second kappa shape index (κ2) is 9.46. The van der Waals surface area contributed by atoms with Gasteiger partial charge in [0.15, 0.2) is 0 Å². The largest absolute Gasteiger partial charge is 0.383 e. The Morgan fingerprint density at radius 1 is 1.27 bits per heavy atom. The molecule has 0 saturated carbocycles. The molecule has 2 N–H and O–H groups in total. The molecule has 15 heavy (non-hydrogen) atoms. The van der Waals surface area contributed by atoms with Crippen molar-refractivity contribution in [3.05, 3.63) is 0 Å². The number of ether oxygens (including phenoxy) is 1. The summed E-state index contributed by atoms with van der Waals surface area (Å²) in [6.45, 7) is 5.23. The number of methoxy groups -OCH3 is 1. The monoisotopic (exact) mass is 232 g/mol. The molecule has 0 aromatic carbocycles. The first-order chi connectivity index (χ1) is 7.43. The molecule has 3 nitrogen and oxygen atoms in total. The smallest absolute Gasteiger partial charge is 0.0587 e. The summed E-state index contributed by atoms with van der Waals surface area (Å²) >= 11 is 2.09. The van der Waals surface area contributed by atoms with E-state index in [0.29, 0.717) is 0 Å². The highest BCUT2D eigenvalue weighted by Crippen LogP contribution is 2.22. The van der Waals surface area contributed by atoms with Gasteiger partial charge in [-0.3, -0.25) is 0 Å². The molecule has 1 atom stereocenters. The van der Waals surface area contributed by atoms with E-state index in [1.54, 1.807) is 7.11 Å². The molecule has 0 bridgehead atoms. The van der Waals surface area contributed by atoms with Gasteiger partial charge in [0.2, 0.25) is 0 Å². The zero-order valence-electron chi connectivity index (χ0n) is 9.76. The third-order valence-electron chi connectivity index (χ3n) is 2.65. The van der Waals surface area contributed by atoms with Crippen molar-refractivity contribution in [1.29, 1.82) is 0 Å². The van der Waals surface area contributed by atoms with Crippen molar-refractivity contribution >= 4 is 11.8 Å². The van der Waals surface area contributed by atoms with Crippen LogP contribution in [0.5, 0.6) is 0 Å². The first-order valence-corrected chi connectivity index (χ1v) is 7.07. The summed E-state index contributed by atoms with van der Waals surface area (Å²) in [5, 5.41) is 6.88. The summed E-state index contributed by atoms with van der Waals surface area (Å²) in [4.78, 5) is 0. The Bertz CT molecular complexity index is 141. The van der Waals surface area contributed by atoms with Crippen LogP contribution in [0.4, 0.5) is 0 Å². The normalized spacial score (nSPS) is 21.0. The predicted octanol–water partition coefficient (Wildman–Crippen LogP) is 0.955. The quantitative estimate of drug-likeness (QED) is 0.580. The zero-order chi connectivity index (χ0) is 10.8. The Hall–Kier alpha value is 0.230. The maximum atomic E-state index is 4.96. The zero-order valence-corrected chi connectivity index (χ0v) is 10.6. The van der Waals surface area contributed by atoms with Gasteiger partial charge < -0.3 is 15.4 Å². The van der Waals surface area contributed by atoms with E-state index in [1.165, 1.54) is 30.9 Å². The molecule has 4 heteroatoms. The Morgan fingerprint density at radius 3 is 2.87 bits per heavy atom. The lowest BCUT2D eigenvalue weighted by Crippen LogP contribution is -2.27. The molecule has 0 amide bonds. The van der Waals surface area contributed by atoms with Gasteiger partial charge in [-0.15, -0.1) is 0 Å². The third-order valence-corrected chi connectivity index (χ3v) is 3.88. The van der Waals surface area contributed by atoms with Gasteiger partial charge in [-0.2, -0.15) is 11.8 Å². The SMILES string of the molecule is COCCNCCCNCC1CCSC1. The van der Waals surface area contributed by atoms with E-state index < -0.39 is 0 Å². The summed E-state index contributed by atoms with van der Waals surface area (Å²) < 4.78 is 4.96. The van der Waals surface area contributed by atoms with Gasteiger partial charge in [0.05, 0.1) is 6.61 Å². The van der Waals surface area contributed by atoms with Crippen LogP contribution in [0.2, 0.25) is 0 Å². The molecule has 90 valence electrons. The number of hydrogen-bond donors (Lipinski definition) is 2. The molecule has 0 aromatic heterocycles. The van der Waals surface area contributed by atoms with E-state index in [9.17, 15) is 0 Å². The minimum absolute atomic E-state index is 0.812. The highest BCUT2D eigenvalue weighted by atomic mass is 32.2. The predicted molar refractivity (Wildman–Crippen MR) is 67.7 cm³/mol. The van der Waals surface area contributed by atoms with E-state index in [2.05, 4.69) is 22.4 Å². The van der Waals surface area contributed by atoms with E-state index in [-0.39, 0.29) is 0 Å². The molecule has 0 aliphatic carbocycles. The molecule has 1 saturated heterocycles. The van der Waals surface area contributed by atoms with E-state index in [0.717, 1.165) is 32.2 Å². The van der Waals surface area contributed by atoms with Crippen LogP contribution in [0.15, 0.2) is 0 Å². The van der Waals surface area contributed by atoms with Gasteiger partial charge in [-0.1, -0.05) is 0 Å². The van der Waals surface area contributed by atoms with E-state index in [1.807, 2.05) is 0 Å². The molecule has 1 unspecified atom stereocenters. The standard InChI is InChI=1S/C11H24N2OS/c1-14-7-6-12-4-2-5-13-9-11-3-8-15-10-11/h11-13H,2-10H2,1H3. The molecule has 0 aromatic rings. The molecule has 1 aliphatic heterocycles. The number of thioether (sulfide) groups is 1. The Labute approximate surface area is 97.7 Å². The van der Waals surface area contributed by atoms with Crippen LogP contribution in [-0.2, 0) is 4.74 Å². The molecule has 1 heterocycles.